The number of fused-ring (bicyclic) bond motifs is 1. The van der Waals surface area contributed by atoms with Crippen molar-refractivity contribution >= 4 is 45.6 Å². The molecule has 2 aliphatic rings. The van der Waals surface area contributed by atoms with Gasteiger partial charge in [0.05, 0.1) is 14.2 Å². The van der Waals surface area contributed by atoms with Crippen LogP contribution >= 0.6 is 24.0 Å². The fourth-order valence-electron chi connectivity index (χ4n) is 3.63. The highest BCUT2D eigenvalue weighted by Gasteiger charge is 2.24. The number of amides is 1. The van der Waals surface area contributed by atoms with Crippen LogP contribution in [0.15, 0.2) is 36.4 Å². The van der Waals surface area contributed by atoms with E-state index in [1.165, 1.54) is 11.3 Å². The third-order valence-corrected chi connectivity index (χ3v) is 6.52. The number of hydrogen-bond acceptors (Lipinski definition) is 6. The number of piperazine rings is 1. The van der Waals surface area contributed by atoms with Crippen molar-refractivity contribution in [3.05, 3.63) is 47.5 Å². The van der Waals surface area contributed by atoms with Crippen LogP contribution in [0, 0.1) is 0 Å². The van der Waals surface area contributed by atoms with E-state index in [1.54, 1.807) is 44.2 Å². The van der Waals surface area contributed by atoms with Crippen molar-refractivity contribution in [1.82, 2.24) is 4.90 Å². The molecular weight excluding hydrogens is 406 g/mol. The van der Waals surface area contributed by atoms with E-state index < -0.39 is 0 Å². The maximum atomic E-state index is 12.9. The third-order valence-electron chi connectivity index (χ3n) is 5.25. The molecule has 0 spiro atoms. The van der Waals surface area contributed by atoms with Crippen molar-refractivity contribution in [3.8, 4) is 11.5 Å². The molecule has 8 heteroatoms. The lowest BCUT2D eigenvalue weighted by Crippen LogP contribution is -2.48. The molecule has 0 atom stereocenters. The van der Waals surface area contributed by atoms with Gasteiger partial charge in [-0.2, -0.15) is 0 Å². The summed E-state index contributed by atoms with van der Waals surface area (Å²) in [5, 5.41) is 3.25. The van der Waals surface area contributed by atoms with Gasteiger partial charge >= 0.3 is 0 Å². The molecular formula is C21H23N3O3S2. The number of thiocarbonyl (C=S) groups is 1. The minimum atomic E-state index is 0.0187. The van der Waals surface area contributed by atoms with Crippen LogP contribution in [0.5, 0.6) is 11.5 Å². The quantitative estimate of drug-likeness (QED) is 0.745. The van der Waals surface area contributed by atoms with Crippen molar-refractivity contribution < 1.29 is 14.3 Å². The van der Waals surface area contributed by atoms with Crippen LogP contribution < -0.4 is 19.7 Å². The summed E-state index contributed by atoms with van der Waals surface area (Å²) < 4.78 is 11.4. The Morgan fingerprint density at radius 3 is 2.52 bits per heavy atom. The molecule has 0 bridgehead atoms. The van der Waals surface area contributed by atoms with Crippen molar-refractivity contribution in [2.75, 3.05) is 50.6 Å². The van der Waals surface area contributed by atoms with Crippen molar-refractivity contribution in [3.63, 3.8) is 0 Å². The average Bonchev–Trinajstić information content (AvgIpc) is 2.77. The molecule has 2 heterocycles. The smallest absolute Gasteiger partial charge is 0.254 e. The zero-order valence-corrected chi connectivity index (χ0v) is 18.1. The first-order valence-corrected chi connectivity index (χ1v) is 10.8. The molecule has 2 aliphatic heterocycles. The fourth-order valence-corrected chi connectivity index (χ4v) is 4.62. The van der Waals surface area contributed by atoms with Crippen molar-refractivity contribution in [2.45, 2.75) is 5.75 Å². The number of ether oxygens (including phenoxy) is 2. The van der Waals surface area contributed by atoms with Gasteiger partial charge in [0.2, 0.25) is 0 Å². The molecule has 0 unspecified atom stereocenters. The Morgan fingerprint density at radius 1 is 1.03 bits per heavy atom. The van der Waals surface area contributed by atoms with Gasteiger partial charge in [-0.25, -0.2) is 0 Å². The molecule has 2 aromatic rings. The van der Waals surface area contributed by atoms with E-state index in [2.05, 4.69) is 28.4 Å². The molecule has 1 amide bonds. The number of carbonyl (C=O) groups is 1. The highest BCUT2D eigenvalue weighted by Crippen LogP contribution is 2.32. The van der Waals surface area contributed by atoms with Crippen molar-refractivity contribution in [1.29, 1.82) is 0 Å². The number of rotatable bonds is 4. The van der Waals surface area contributed by atoms with E-state index in [-0.39, 0.29) is 5.91 Å². The number of methoxy groups -OCH3 is 2. The molecule has 6 nitrogen and oxygen atoms in total. The second-order valence-electron chi connectivity index (χ2n) is 6.89. The van der Waals surface area contributed by atoms with E-state index >= 15 is 0 Å². The Morgan fingerprint density at radius 2 is 1.79 bits per heavy atom. The number of carbonyl (C=O) groups excluding carboxylic acids is 1. The number of thioether (sulfide) groups is 1. The molecule has 1 N–H and O–H groups in total. The molecule has 2 aromatic carbocycles. The minimum absolute atomic E-state index is 0.0187. The highest BCUT2D eigenvalue weighted by atomic mass is 32.2. The molecule has 4 rings (SSSR count). The molecule has 0 aromatic heterocycles. The number of nitrogens with one attached hydrogen (secondary N) is 1. The molecule has 29 heavy (non-hydrogen) atoms. The predicted molar refractivity (Wildman–Crippen MR) is 122 cm³/mol. The van der Waals surface area contributed by atoms with E-state index in [0.29, 0.717) is 30.2 Å². The largest absolute Gasteiger partial charge is 0.493 e. The summed E-state index contributed by atoms with van der Waals surface area (Å²) in [4.78, 5) is 17.1. The molecule has 1 saturated heterocycles. The normalized spacial score (nSPS) is 16.1. The van der Waals surface area contributed by atoms with Gasteiger partial charge in [0.1, 0.15) is 4.32 Å². The summed E-state index contributed by atoms with van der Waals surface area (Å²) in [7, 11) is 3.16. The topological polar surface area (TPSA) is 54.0 Å². The van der Waals surface area contributed by atoms with Crippen LogP contribution in [-0.2, 0) is 5.75 Å². The molecule has 152 valence electrons. The summed E-state index contributed by atoms with van der Waals surface area (Å²) in [5.74, 6) is 2.10. The number of nitrogens with zero attached hydrogens (tertiary/aromatic N) is 2. The van der Waals surface area contributed by atoms with E-state index in [9.17, 15) is 4.79 Å². The average molecular weight is 430 g/mol. The van der Waals surface area contributed by atoms with Crippen LogP contribution in [0.2, 0.25) is 0 Å². The van der Waals surface area contributed by atoms with Crippen LogP contribution in [0.25, 0.3) is 0 Å². The number of benzene rings is 2. The zero-order valence-electron chi connectivity index (χ0n) is 16.4. The van der Waals surface area contributed by atoms with Gasteiger partial charge in [0.25, 0.3) is 5.91 Å². The second-order valence-corrected chi connectivity index (χ2v) is 8.54. The predicted octanol–water partition coefficient (Wildman–Crippen LogP) is 3.61. The second kappa shape index (κ2) is 8.51. The van der Waals surface area contributed by atoms with Crippen LogP contribution in [0.1, 0.15) is 15.9 Å². The first-order valence-electron chi connectivity index (χ1n) is 9.42. The van der Waals surface area contributed by atoms with Crippen LogP contribution in [-0.4, -0.2) is 55.5 Å². The molecule has 0 radical (unpaired) electrons. The number of hydrogen-bond donors (Lipinski definition) is 1. The van der Waals surface area contributed by atoms with E-state index in [1.807, 2.05) is 4.90 Å². The zero-order chi connectivity index (χ0) is 20.4. The van der Waals surface area contributed by atoms with Gasteiger partial charge in [-0.05, 0) is 42.0 Å². The van der Waals surface area contributed by atoms with Crippen LogP contribution in [0.3, 0.4) is 0 Å². The maximum absolute atomic E-state index is 12.9. The number of anilines is 2. The van der Waals surface area contributed by atoms with Gasteiger partial charge in [0.15, 0.2) is 11.5 Å². The molecule has 0 aliphatic carbocycles. The van der Waals surface area contributed by atoms with Gasteiger partial charge in [-0.15, -0.1) is 0 Å². The first kappa shape index (κ1) is 19.8. The van der Waals surface area contributed by atoms with Gasteiger partial charge < -0.3 is 24.6 Å². The summed E-state index contributed by atoms with van der Waals surface area (Å²) in [6.07, 6.45) is 0. The lowest BCUT2D eigenvalue weighted by atomic mass is 10.1. The maximum Gasteiger partial charge on any atom is 0.254 e. The lowest BCUT2D eigenvalue weighted by molar-refractivity contribution is 0.0746. The standard InChI is InChI=1S/C21H23N3O3S2/c1-26-18-6-3-14(12-19(18)27-2)20(25)24-9-7-23(8-10-24)16-4-5-17-15(11-16)13-29-21(28)22-17/h3-6,11-12H,7-10,13H2,1-2H3,(H,22,28). The summed E-state index contributed by atoms with van der Waals surface area (Å²) in [6, 6.07) is 11.7. The van der Waals surface area contributed by atoms with Gasteiger partial charge in [0, 0.05) is 48.9 Å². The van der Waals surface area contributed by atoms with Crippen molar-refractivity contribution in [2.24, 2.45) is 0 Å². The summed E-state index contributed by atoms with van der Waals surface area (Å²) in [5.41, 5.74) is 4.17. The highest BCUT2D eigenvalue weighted by molar-refractivity contribution is 8.22. The van der Waals surface area contributed by atoms with Gasteiger partial charge in [-0.1, -0.05) is 24.0 Å². The monoisotopic (exact) mass is 429 g/mol. The van der Waals surface area contributed by atoms with Crippen LogP contribution in [0.4, 0.5) is 11.4 Å². The molecule has 0 saturated carbocycles. The van der Waals surface area contributed by atoms with E-state index in [4.69, 9.17) is 21.7 Å². The Balaban J connectivity index is 1.42. The minimum Gasteiger partial charge on any atom is -0.493 e. The third kappa shape index (κ3) is 4.13. The summed E-state index contributed by atoms with van der Waals surface area (Å²) >= 11 is 6.89. The fraction of sp³-hybridized carbons (Fsp3) is 0.333. The Kier molecular flexibility index (Phi) is 5.82. The molecule has 1 fully saturated rings. The Labute approximate surface area is 180 Å². The summed E-state index contributed by atoms with van der Waals surface area (Å²) in [6.45, 7) is 2.97. The SMILES string of the molecule is COc1ccc(C(=O)N2CCN(c3ccc4c(c3)CSC(=S)N4)CC2)cc1OC. The van der Waals surface area contributed by atoms with Gasteiger partial charge in [-0.3, -0.25) is 4.79 Å². The Bertz CT molecular complexity index is 943. The lowest BCUT2D eigenvalue weighted by Gasteiger charge is -2.36. The van der Waals surface area contributed by atoms with E-state index in [0.717, 1.165) is 28.9 Å². The Hall–Kier alpha value is -2.45. The first-order chi connectivity index (χ1) is 14.1.